The zero-order valence-corrected chi connectivity index (χ0v) is 13.0. The van der Waals surface area contributed by atoms with E-state index in [0.29, 0.717) is 11.4 Å². The number of benzene rings is 1. The molecule has 0 saturated carbocycles. The Morgan fingerprint density at radius 1 is 1.23 bits per heavy atom. The second-order valence-corrected chi connectivity index (χ2v) is 5.85. The zero-order valence-electron chi connectivity index (χ0n) is 12.2. The van der Waals surface area contributed by atoms with Crippen molar-refractivity contribution in [3.05, 3.63) is 40.7 Å². The fourth-order valence-corrected chi connectivity index (χ4v) is 2.84. The van der Waals surface area contributed by atoms with Gasteiger partial charge in [-0.25, -0.2) is 5.10 Å². The van der Waals surface area contributed by atoms with Gasteiger partial charge in [0, 0.05) is 5.56 Å². The van der Waals surface area contributed by atoms with Crippen LogP contribution in [0.1, 0.15) is 19.5 Å². The van der Waals surface area contributed by atoms with Crippen LogP contribution in [0.25, 0.3) is 22.4 Å². The van der Waals surface area contributed by atoms with Gasteiger partial charge in [0.25, 0.3) is 0 Å². The maximum atomic E-state index is 9.15. The fourth-order valence-electron chi connectivity index (χ4n) is 2.18. The highest BCUT2D eigenvalue weighted by Gasteiger charge is 2.13. The molecule has 0 spiro atoms. The average molecular weight is 310 g/mol. The lowest BCUT2D eigenvalue weighted by molar-refractivity contribution is 0.242. The molecule has 0 saturated heterocycles. The number of hydrogen-bond acceptors (Lipinski definition) is 5. The molecule has 0 fully saturated rings. The summed E-state index contributed by atoms with van der Waals surface area (Å²) in [4.78, 5) is 0. The van der Waals surface area contributed by atoms with Crippen LogP contribution in [-0.2, 0) is 0 Å². The normalized spacial score (nSPS) is 10.6. The van der Waals surface area contributed by atoms with Crippen LogP contribution >= 0.6 is 11.3 Å². The van der Waals surface area contributed by atoms with Crippen molar-refractivity contribution in [3.63, 3.8) is 0 Å². The number of thiophene rings is 1. The van der Waals surface area contributed by atoms with Gasteiger partial charge in [-0.15, -0.1) is 5.10 Å². The molecule has 0 atom stereocenters. The average Bonchev–Trinajstić information content (AvgIpc) is 3.17. The van der Waals surface area contributed by atoms with Crippen LogP contribution in [0, 0.1) is 11.3 Å². The fraction of sp³-hybridized carbons (Fsp3) is 0.188. The molecule has 0 unspecified atom stereocenters. The summed E-state index contributed by atoms with van der Waals surface area (Å²) in [5.41, 5.74) is 3.83. The van der Waals surface area contributed by atoms with Crippen LogP contribution in [0.4, 0.5) is 0 Å². The van der Waals surface area contributed by atoms with E-state index in [1.165, 1.54) is 0 Å². The van der Waals surface area contributed by atoms with Gasteiger partial charge in [0.15, 0.2) is 5.69 Å². The first-order valence-corrected chi connectivity index (χ1v) is 7.77. The van der Waals surface area contributed by atoms with Gasteiger partial charge in [-0.2, -0.15) is 16.6 Å². The lowest BCUT2D eigenvalue weighted by Crippen LogP contribution is -2.05. The van der Waals surface area contributed by atoms with E-state index < -0.39 is 0 Å². The van der Waals surface area contributed by atoms with Gasteiger partial charge in [0.2, 0.25) is 0 Å². The van der Waals surface area contributed by atoms with E-state index >= 15 is 0 Å². The third-order valence-corrected chi connectivity index (χ3v) is 3.75. The van der Waals surface area contributed by atoms with Crippen molar-refractivity contribution in [2.45, 2.75) is 20.0 Å². The van der Waals surface area contributed by atoms with Crippen molar-refractivity contribution in [1.82, 2.24) is 15.4 Å². The molecule has 2 aromatic heterocycles. The highest BCUT2D eigenvalue weighted by atomic mass is 32.1. The maximum absolute atomic E-state index is 9.15. The molecule has 6 heteroatoms. The minimum Gasteiger partial charge on any atom is -0.491 e. The van der Waals surface area contributed by atoms with E-state index in [9.17, 15) is 0 Å². The van der Waals surface area contributed by atoms with Crippen LogP contribution in [-0.4, -0.2) is 21.5 Å². The molecular weight excluding hydrogens is 296 g/mol. The monoisotopic (exact) mass is 310 g/mol. The van der Waals surface area contributed by atoms with Crippen molar-refractivity contribution in [1.29, 1.82) is 5.26 Å². The third kappa shape index (κ3) is 2.85. The summed E-state index contributed by atoms with van der Waals surface area (Å²) in [6.45, 7) is 3.96. The minimum absolute atomic E-state index is 0.0679. The molecule has 22 heavy (non-hydrogen) atoms. The molecule has 0 amide bonds. The summed E-state index contributed by atoms with van der Waals surface area (Å²) in [7, 11) is 0. The summed E-state index contributed by atoms with van der Waals surface area (Å²) >= 11 is 1.64. The number of nitriles is 1. The smallest absolute Gasteiger partial charge is 0.163 e. The number of nitrogens with zero attached hydrogens (tertiary/aromatic N) is 3. The topological polar surface area (TPSA) is 74.6 Å². The number of nitrogens with one attached hydrogen (secondary N) is 1. The Labute approximate surface area is 132 Å². The minimum atomic E-state index is 0.0679. The van der Waals surface area contributed by atoms with Crippen molar-refractivity contribution in [2.75, 3.05) is 0 Å². The Balaban J connectivity index is 2.13. The molecular formula is C16H14N4OS. The van der Waals surface area contributed by atoms with E-state index in [0.717, 1.165) is 22.4 Å². The summed E-state index contributed by atoms with van der Waals surface area (Å²) in [6.07, 6.45) is 0.0679. The molecule has 0 aliphatic heterocycles. The van der Waals surface area contributed by atoms with Crippen molar-refractivity contribution in [2.24, 2.45) is 0 Å². The van der Waals surface area contributed by atoms with Crippen LogP contribution < -0.4 is 4.74 Å². The third-order valence-electron chi connectivity index (χ3n) is 3.07. The van der Waals surface area contributed by atoms with Crippen LogP contribution in [0.15, 0.2) is 35.0 Å². The van der Waals surface area contributed by atoms with Crippen molar-refractivity contribution in [3.8, 4) is 34.2 Å². The standard InChI is InChI=1S/C16H14N4OS/c1-10(2)21-14-6-12(11-3-4-22-9-11)5-13(7-14)16-15(8-17)18-20-19-16/h3-7,9-10H,1-2H3,(H,18,19,20). The quantitative estimate of drug-likeness (QED) is 0.794. The predicted octanol–water partition coefficient (Wildman–Crippen LogP) is 3.86. The number of aromatic amines is 1. The van der Waals surface area contributed by atoms with Gasteiger partial charge in [-0.1, -0.05) is 5.21 Å². The van der Waals surface area contributed by atoms with E-state index in [4.69, 9.17) is 10.00 Å². The van der Waals surface area contributed by atoms with E-state index in [1.54, 1.807) is 11.3 Å². The number of aromatic nitrogens is 3. The second-order valence-electron chi connectivity index (χ2n) is 5.07. The Hall–Kier alpha value is -2.65. The van der Waals surface area contributed by atoms with Gasteiger partial charge in [0.1, 0.15) is 17.5 Å². The summed E-state index contributed by atoms with van der Waals surface area (Å²) in [5, 5.41) is 23.6. The van der Waals surface area contributed by atoms with E-state index in [-0.39, 0.29) is 6.10 Å². The highest BCUT2D eigenvalue weighted by molar-refractivity contribution is 7.08. The van der Waals surface area contributed by atoms with Gasteiger partial charge < -0.3 is 4.74 Å². The molecule has 5 nitrogen and oxygen atoms in total. The second kappa shape index (κ2) is 6.00. The number of ether oxygens (including phenoxy) is 1. The Morgan fingerprint density at radius 2 is 2.05 bits per heavy atom. The summed E-state index contributed by atoms with van der Waals surface area (Å²) < 4.78 is 5.83. The zero-order chi connectivity index (χ0) is 15.5. The Bertz CT molecular complexity index is 815. The maximum Gasteiger partial charge on any atom is 0.163 e. The van der Waals surface area contributed by atoms with Crippen molar-refractivity contribution < 1.29 is 4.74 Å². The van der Waals surface area contributed by atoms with Gasteiger partial charge in [-0.05, 0) is 60.0 Å². The molecule has 0 bridgehead atoms. The number of hydrogen-bond donors (Lipinski definition) is 1. The van der Waals surface area contributed by atoms with E-state index in [2.05, 4.69) is 32.9 Å². The summed E-state index contributed by atoms with van der Waals surface area (Å²) in [6, 6.07) is 10.00. The van der Waals surface area contributed by atoms with Crippen LogP contribution in [0.2, 0.25) is 0 Å². The first-order valence-electron chi connectivity index (χ1n) is 6.83. The van der Waals surface area contributed by atoms with Crippen LogP contribution in [0.3, 0.4) is 0 Å². The summed E-state index contributed by atoms with van der Waals surface area (Å²) in [5.74, 6) is 0.751. The molecule has 110 valence electrons. The number of H-pyrrole nitrogens is 1. The lowest BCUT2D eigenvalue weighted by Gasteiger charge is -2.12. The van der Waals surface area contributed by atoms with Gasteiger partial charge in [0.05, 0.1) is 6.10 Å². The molecule has 3 aromatic rings. The van der Waals surface area contributed by atoms with Gasteiger partial charge in [-0.3, -0.25) is 0 Å². The SMILES string of the molecule is CC(C)Oc1cc(-c2ccsc2)cc(-c2nn[nH]c2C#N)c1. The molecule has 0 aliphatic rings. The van der Waals surface area contributed by atoms with Crippen LogP contribution in [0.5, 0.6) is 5.75 Å². The Kier molecular flexibility index (Phi) is 3.90. The predicted molar refractivity (Wildman–Crippen MR) is 85.6 cm³/mol. The van der Waals surface area contributed by atoms with Crippen molar-refractivity contribution >= 4 is 11.3 Å². The molecule has 2 heterocycles. The number of rotatable bonds is 4. The van der Waals surface area contributed by atoms with Gasteiger partial charge >= 0.3 is 0 Å². The molecule has 3 rings (SSSR count). The van der Waals surface area contributed by atoms with E-state index in [1.807, 2.05) is 37.4 Å². The molecule has 1 aromatic carbocycles. The highest BCUT2D eigenvalue weighted by Crippen LogP contribution is 2.32. The first kappa shape index (κ1) is 14.3. The Morgan fingerprint density at radius 3 is 2.73 bits per heavy atom. The first-order chi connectivity index (χ1) is 10.7. The molecule has 0 radical (unpaired) electrons. The largest absolute Gasteiger partial charge is 0.491 e. The lowest BCUT2D eigenvalue weighted by atomic mass is 10.0. The molecule has 0 aliphatic carbocycles. The molecule has 1 N–H and O–H groups in total.